The molecular formula is C9H19BrN2SSi2. The van der Waals surface area contributed by atoms with Crippen molar-refractivity contribution in [1.29, 1.82) is 0 Å². The predicted molar refractivity (Wildman–Crippen MR) is 79.0 cm³/mol. The number of aromatic nitrogens is 1. The monoisotopic (exact) mass is 322 g/mol. The summed E-state index contributed by atoms with van der Waals surface area (Å²) in [5.74, 6) is 0. The highest BCUT2D eigenvalue weighted by atomic mass is 79.9. The third-order valence-electron chi connectivity index (χ3n) is 2.03. The first kappa shape index (κ1) is 13.4. The largest absolute Gasteiger partial charge is 0.415 e. The van der Waals surface area contributed by atoms with Gasteiger partial charge in [0.05, 0.1) is 11.2 Å². The molecule has 0 spiro atoms. The summed E-state index contributed by atoms with van der Waals surface area (Å²) in [4.78, 5) is 4.30. The average molecular weight is 323 g/mol. The van der Waals surface area contributed by atoms with Crippen LogP contribution in [-0.2, 0) is 0 Å². The van der Waals surface area contributed by atoms with Crippen LogP contribution in [0.15, 0.2) is 10.1 Å². The second-order valence-electron chi connectivity index (χ2n) is 5.63. The van der Waals surface area contributed by atoms with Crippen molar-refractivity contribution in [2.24, 2.45) is 0 Å². The van der Waals surface area contributed by atoms with Crippen LogP contribution in [0.3, 0.4) is 0 Å². The molecule has 1 rings (SSSR count). The van der Waals surface area contributed by atoms with Gasteiger partial charge in [-0.15, -0.1) is 0 Å². The van der Waals surface area contributed by atoms with E-state index >= 15 is 0 Å². The molecule has 1 aromatic rings. The zero-order chi connectivity index (χ0) is 11.9. The molecule has 0 saturated carbocycles. The second-order valence-corrected chi connectivity index (χ2v) is 17.9. The number of hydrogen-bond donors (Lipinski definition) is 0. The van der Waals surface area contributed by atoms with Crippen molar-refractivity contribution in [2.45, 2.75) is 39.3 Å². The number of halogens is 1. The molecule has 0 saturated heterocycles. The van der Waals surface area contributed by atoms with Gasteiger partial charge in [0, 0.05) is 0 Å². The molecule has 0 aliphatic heterocycles. The molecule has 2 nitrogen and oxygen atoms in total. The molecule has 0 atom stereocenters. The van der Waals surface area contributed by atoms with Crippen LogP contribution in [0.4, 0.5) is 5.00 Å². The number of rotatable bonds is 3. The van der Waals surface area contributed by atoms with Crippen LogP contribution >= 0.6 is 27.3 Å². The van der Waals surface area contributed by atoms with Crippen molar-refractivity contribution >= 4 is 48.7 Å². The van der Waals surface area contributed by atoms with Gasteiger partial charge in [0.25, 0.3) is 0 Å². The fraction of sp³-hybridized carbons (Fsp3) is 0.667. The molecule has 0 unspecified atom stereocenters. The Labute approximate surface area is 107 Å². The van der Waals surface area contributed by atoms with Crippen LogP contribution in [0.2, 0.25) is 39.3 Å². The molecular weight excluding hydrogens is 304 g/mol. The van der Waals surface area contributed by atoms with Gasteiger partial charge in [-0.3, -0.25) is 0 Å². The maximum atomic E-state index is 4.30. The minimum Gasteiger partial charge on any atom is -0.415 e. The third-order valence-corrected chi connectivity index (χ3v) is 11.0. The SMILES string of the molecule is C[Si](C)(C)N(c1cnc(Br)s1)[Si](C)(C)C. The molecule has 0 aliphatic rings. The summed E-state index contributed by atoms with van der Waals surface area (Å²) >= 11 is 5.20. The van der Waals surface area contributed by atoms with Crippen LogP contribution in [-0.4, -0.2) is 21.5 Å². The van der Waals surface area contributed by atoms with E-state index in [0.717, 1.165) is 3.92 Å². The Morgan fingerprint density at radius 3 is 1.87 bits per heavy atom. The van der Waals surface area contributed by atoms with Crippen LogP contribution < -0.4 is 4.23 Å². The minimum atomic E-state index is -1.30. The van der Waals surface area contributed by atoms with Crippen molar-refractivity contribution in [3.63, 3.8) is 0 Å². The molecule has 0 aliphatic carbocycles. The van der Waals surface area contributed by atoms with Gasteiger partial charge >= 0.3 is 0 Å². The quantitative estimate of drug-likeness (QED) is 0.767. The maximum Gasteiger partial charge on any atom is 0.160 e. The van der Waals surface area contributed by atoms with Gasteiger partial charge in [-0.25, -0.2) is 4.98 Å². The molecule has 1 heterocycles. The zero-order valence-electron chi connectivity index (χ0n) is 10.3. The van der Waals surface area contributed by atoms with Crippen molar-refractivity contribution < 1.29 is 0 Å². The van der Waals surface area contributed by atoms with Crippen LogP contribution in [0.1, 0.15) is 0 Å². The highest BCUT2D eigenvalue weighted by Gasteiger charge is 2.35. The van der Waals surface area contributed by atoms with E-state index in [2.05, 4.69) is 64.4 Å². The van der Waals surface area contributed by atoms with Gasteiger partial charge in [-0.2, -0.15) is 0 Å². The topological polar surface area (TPSA) is 16.1 Å². The second kappa shape index (κ2) is 4.31. The highest BCUT2D eigenvalue weighted by molar-refractivity contribution is 9.11. The fourth-order valence-corrected chi connectivity index (χ4v) is 14.5. The zero-order valence-corrected chi connectivity index (χ0v) is 14.7. The molecule has 0 bridgehead atoms. The van der Waals surface area contributed by atoms with Gasteiger partial charge in [-0.1, -0.05) is 50.6 Å². The van der Waals surface area contributed by atoms with E-state index in [1.54, 1.807) is 11.3 Å². The summed E-state index contributed by atoms with van der Waals surface area (Å²) in [7, 11) is -2.61. The lowest BCUT2D eigenvalue weighted by Gasteiger charge is -2.44. The van der Waals surface area contributed by atoms with Crippen molar-refractivity contribution in [3.8, 4) is 0 Å². The van der Waals surface area contributed by atoms with E-state index in [9.17, 15) is 0 Å². The van der Waals surface area contributed by atoms with Crippen molar-refractivity contribution in [3.05, 3.63) is 10.1 Å². The van der Waals surface area contributed by atoms with Gasteiger partial charge in [0.2, 0.25) is 0 Å². The first-order chi connectivity index (χ1) is 6.62. The number of nitrogens with zero attached hydrogens (tertiary/aromatic N) is 2. The highest BCUT2D eigenvalue weighted by Crippen LogP contribution is 2.34. The summed E-state index contributed by atoms with van der Waals surface area (Å²) in [6.07, 6.45) is 2.01. The lowest BCUT2D eigenvalue weighted by Crippen LogP contribution is -2.59. The van der Waals surface area contributed by atoms with E-state index in [-0.39, 0.29) is 0 Å². The summed E-state index contributed by atoms with van der Waals surface area (Å²) in [5, 5.41) is 1.33. The predicted octanol–water partition coefficient (Wildman–Crippen LogP) is 4.38. The average Bonchev–Trinajstić information content (AvgIpc) is 2.28. The van der Waals surface area contributed by atoms with E-state index in [4.69, 9.17) is 0 Å². The third kappa shape index (κ3) is 3.40. The van der Waals surface area contributed by atoms with Gasteiger partial charge in [0.1, 0.15) is 16.5 Å². The molecule has 0 aromatic carbocycles. The molecule has 15 heavy (non-hydrogen) atoms. The Morgan fingerprint density at radius 1 is 1.13 bits per heavy atom. The number of hydrogen-bond acceptors (Lipinski definition) is 3. The Bertz CT molecular complexity index is 327. The maximum absolute atomic E-state index is 4.30. The molecule has 1 aromatic heterocycles. The van der Waals surface area contributed by atoms with E-state index < -0.39 is 16.5 Å². The van der Waals surface area contributed by atoms with Crippen LogP contribution in [0.25, 0.3) is 0 Å². The van der Waals surface area contributed by atoms with Crippen molar-refractivity contribution in [2.75, 3.05) is 4.23 Å². The van der Waals surface area contributed by atoms with E-state index in [1.807, 2.05) is 6.20 Å². The summed E-state index contributed by atoms with van der Waals surface area (Å²) in [5.41, 5.74) is 0. The Morgan fingerprint density at radius 2 is 1.60 bits per heavy atom. The Hall–Kier alpha value is 0.344. The van der Waals surface area contributed by atoms with E-state index in [0.29, 0.717) is 0 Å². The van der Waals surface area contributed by atoms with Gasteiger partial charge in [0.15, 0.2) is 3.92 Å². The number of thiazole rings is 1. The molecule has 0 amide bonds. The minimum absolute atomic E-state index is 0.985. The van der Waals surface area contributed by atoms with Gasteiger partial charge in [-0.05, 0) is 15.9 Å². The smallest absolute Gasteiger partial charge is 0.160 e. The first-order valence-corrected chi connectivity index (χ1v) is 13.5. The summed E-state index contributed by atoms with van der Waals surface area (Å²) in [6.45, 7) is 14.4. The first-order valence-electron chi connectivity index (χ1n) is 5.04. The lowest BCUT2D eigenvalue weighted by molar-refractivity contribution is 1.33. The lowest BCUT2D eigenvalue weighted by atomic mass is 10.9. The molecule has 0 fully saturated rings. The Balaban J connectivity index is 3.14. The van der Waals surface area contributed by atoms with Crippen LogP contribution in [0, 0.1) is 0 Å². The molecule has 86 valence electrons. The standard InChI is InChI=1S/C9H19BrN2SSi2/c1-14(2,3)12(15(4,5)6)8-7-11-9(10)13-8/h7H,1-6H3. The molecule has 0 radical (unpaired) electrons. The normalized spacial score (nSPS) is 13.0. The van der Waals surface area contributed by atoms with Crippen molar-refractivity contribution in [1.82, 2.24) is 4.98 Å². The molecule has 0 N–H and O–H groups in total. The van der Waals surface area contributed by atoms with E-state index in [1.165, 1.54) is 5.00 Å². The molecule has 6 heteroatoms. The van der Waals surface area contributed by atoms with Gasteiger partial charge < -0.3 is 4.23 Å². The number of anilines is 1. The summed E-state index contributed by atoms with van der Waals surface area (Å²) < 4.78 is 3.67. The fourth-order valence-electron chi connectivity index (χ4n) is 2.02. The summed E-state index contributed by atoms with van der Waals surface area (Å²) in [6, 6.07) is 0. The van der Waals surface area contributed by atoms with Crippen LogP contribution in [0.5, 0.6) is 0 Å². The Kier molecular flexibility index (Phi) is 3.85.